The average Bonchev–Trinajstić information content (AvgIpc) is 2.28. The van der Waals surface area contributed by atoms with Crippen LogP contribution in [0.2, 0.25) is 0 Å². The number of Topliss-reactive ketones (excluding diaryl/α,β-unsaturated/α-hetero) is 1. The summed E-state index contributed by atoms with van der Waals surface area (Å²) in [4.78, 5) is 11.8. The van der Waals surface area contributed by atoms with Gasteiger partial charge in [-0.25, -0.2) is 0 Å². The Bertz CT molecular complexity index is 377. The second-order valence-corrected chi connectivity index (χ2v) is 3.42. The minimum absolute atomic E-state index is 0.215. The van der Waals surface area contributed by atoms with Gasteiger partial charge in [0.25, 0.3) is 0 Å². The van der Waals surface area contributed by atoms with Crippen LogP contribution in [0, 0.1) is 6.92 Å². The van der Waals surface area contributed by atoms with Crippen molar-refractivity contribution in [2.24, 2.45) is 5.73 Å². The molecule has 0 aliphatic heterocycles. The zero-order valence-electron chi connectivity index (χ0n) is 9.82. The monoisotopic (exact) mass is 223 g/mol. The highest BCUT2D eigenvalue weighted by atomic mass is 16.5. The molecule has 4 nitrogen and oxygen atoms in total. The van der Waals surface area contributed by atoms with Gasteiger partial charge in [0.15, 0.2) is 6.23 Å². The maximum absolute atomic E-state index is 11.8. The Balaban J connectivity index is 2.88. The third kappa shape index (κ3) is 2.81. The van der Waals surface area contributed by atoms with E-state index >= 15 is 0 Å². The van der Waals surface area contributed by atoms with Gasteiger partial charge in [0, 0.05) is 12.2 Å². The van der Waals surface area contributed by atoms with Crippen LogP contribution in [-0.2, 0) is 4.74 Å². The Labute approximate surface area is 95.3 Å². The molecular weight excluding hydrogens is 206 g/mol. The fourth-order valence-corrected chi connectivity index (χ4v) is 1.45. The number of methoxy groups -OCH3 is 1. The molecule has 0 bridgehead atoms. The van der Waals surface area contributed by atoms with E-state index in [1.54, 1.807) is 32.2 Å². The van der Waals surface area contributed by atoms with Crippen molar-refractivity contribution < 1.29 is 14.3 Å². The highest BCUT2D eigenvalue weighted by Crippen LogP contribution is 2.19. The summed E-state index contributed by atoms with van der Waals surface area (Å²) in [6.45, 7) is 4.09. The molecule has 4 heteroatoms. The van der Waals surface area contributed by atoms with Gasteiger partial charge in [0.2, 0.25) is 5.78 Å². The molecule has 1 aromatic carbocycles. The fraction of sp³-hybridized carbons (Fsp3) is 0.417. The van der Waals surface area contributed by atoms with Crippen LogP contribution >= 0.6 is 0 Å². The smallest absolute Gasteiger partial charge is 0.206 e. The maximum Gasteiger partial charge on any atom is 0.206 e. The van der Waals surface area contributed by atoms with Crippen molar-refractivity contribution >= 4 is 5.78 Å². The molecule has 0 amide bonds. The summed E-state index contributed by atoms with van der Waals surface area (Å²) < 4.78 is 10.2. The Morgan fingerprint density at radius 2 is 2.19 bits per heavy atom. The van der Waals surface area contributed by atoms with Gasteiger partial charge in [0.05, 0.1) is 7.11 Å². The second-order valence-electron chi connectivity index (χ2n) is 3.42. The lowest BCUT2D eigenvalue weighted by molar-refractivity contribution is 0.0479. The lowest BCUT2D eigenvalue weighted by Gasteiger charge is -2.11. The van der Waals surface area contributed by atoms with Gasteiger partial charge in [0.1, 0.15) is 5.75 Å². The summed E-state index contributed by atoms with van der Waals surface area (Å²) in [5.74, 6) is 0.536. The molecule has 0 saturated heterocycles. The molecule has 88 valence electrons. The van der Waals surface area contributed by atoms with Gasteiger partial charge in [-0.1, -0.05) is 0 Å². The predicted octanol–water partition coefficient (Wildman–Crippen LogP) is 1.51. The molecule has 0 aliphatic rings. The van der Waals surface area contributed by atoms with Gasteiger partial charge in [-0.2, -0.15) is 0 Å². The van der Waals surface area contributed by atoms with E-state index in [0.29, 0.717) is 12.2 Å². The van der Waals surface area contributed by atoms with Gasteiger partial charge in [-0.05, 0) is 37.6 Å². The van der Waals surface area contributed by atoms with E-state index in [9.17, 15) is 4.79 Å². The van der Waals surface area contributed by atoms with E-state index in [1.165, 1.54) is 0 Å². The van der Waals surface area contributed by atoms with Crippen LogP contribution < -0.4 is 10.5 Å². The topological polar surface area (TPSA) is 61.5 Å². The summed E-state index contributed by atoms with van der Waals surface area (Å²) in [5.41, 5.74) is 7.02. The van der Waals surface area contributed by atoms with E-state index in [4.69, 9.17) is 15.2 Å². The molecule has 1 unspecified atom stereocenters. The number of carbonyl (C=O) groups is 1. The Hall–Kier alpha value is -1.39. The standard InChI is InChI=1S/C12H17NO3/c1-4-16-12(13)11(14)9-5-6-10(15-3)8(2)7-9/h5-7,12H,4,13H2,1-3H3. The van der Waals surface area contributed by atoms with E-state index in [2.05, 4.69) is 0 Å². The first-order valence-corrected chi connectivity index (χ1v) is 5.16. The summed E-state index contributed by atoms with van der Waals surface area (Å²) in [7, 11) is 1.59. The number of rotatable bonds is 5. The van der Waals surface area contributed by atoms with Crippen LogP contribution in [0.4, 0.5) is 0 Å². The number of ether oxygens (including phenoxy) is 2. The van der Waals surface area contributed by atoms with Crippen molar-refractivity contribution in [1.29, 1.82) is 0 Å². The fourth-order valence-electron chi connectivity index (χ4n) is 1.45. The van der Waals surface area contributed by atoms with Crippen molar-refractivity contribution in [1.82, 2.24) is 0 Å². The third-order valence-electron chi connectivity index (χ3n) is 2.28. The summed E-state index contributed by atoms with van der Waals surface area (Å²) in [6, 6.07) is 5.19. The van der Waals surface area contributed by atoms with Gasteiger partial charge >= 0.3 is 0 Å². The van der Waals surface area contributed by atoms with E-state index in [1.807, 2.05) is 6.92 Å². The SMILES string of the molecule is CCOC(N)C(=O)c1ccc(OC)c(C)c1. The summed E-state index contributed by atoms with van der Waals surface area (Å²) >= 11 is 0. The van der Waals surface area contributed by atoms with Gasteiger partial charge in [-0.3, -0.25) is 10.5 Å². The van der Waals surface area contributed by atoms with Crippen LogP contribution in [0.15, 0.2) is 18.2 Å². The maximum atomic E-state index is 11.8. The van der Waals surface area contributed by atoms with Crippen molar-refractivity contribution in [2.45, 2.75) is 20.1 Å². The molecule has 0 heterocycles. The van der Waals surface area contributed by atoms with Crippen LogP contribution in [0.1, 0.15) is 22.8 Å². The van der Waals surface area contributed by atoms with E-state index in [0.717, 1.165) is 11.3 Å². The molecule has 0 saturated carbocycles. The normalized spacial score (nSPS) is 12.2. The van der Waals surface area contributed by atoms with Gasteiger partial charge < -0.3 is 9.47 Å². The number of ketones is 1. The molecule has 0 aliphatic carbocycles. The molecule has 1 atom stereocenters. The van der Waals surface area contributed by atoms with Crippen molar-refractivity contribution in [2.75, 3.05) is 13.7 Å². The second kappa shape index (κ2) is 5.63. The van der Waals surface area contributed by atoms with Crippen LogP contribution in [-0.4, -0.2) is 25.7 Å². The predicted molar refractivity (Wildman–Crippen MR) is 61.7 cm³/mol. The summed E-state index contributed by atoms with van der Waals surface area (Å²) in [6.07, 6.45) is -0.891. The summed E-state index contributed by atoms with van der Waals surface area (Å²) in [5, 5.41) is 0. The first-order valence-electron chi connectivity index (χ1n) is 5.16. The average molecular weight is 223 g/mol. The minimum atomic E-state index is -0.891. The number of nitrogens with two attached hydrogens (primary N) is 1. The number of hydrogen-bond acceptors (Lipinski definition) is 4. The molecule has 16 heavy (non-hydrogen) atoms. The first-order chi connectivity index (χ1) is 7.60. The van der Waals surface area contributed by atoms with Crippen molar-refractivity contribution in [3.05, 3.63) is 29.3 Å². The molecular formula is C12H17NO3. The first kappa shape index (κ1) is 12.7. The molecule has 0 aromatic heterocycles. The highest BCUT2D eigenvalue weighted by Gasteiger charge is 2.16. The molecule has 0 spiro atoms. The van der Waals surface area contributed by atoms with Crippen molar-refractivity contribution in [3.8, 4) is 5.75 Å². The van der Waals surface area contributed by atoms with Crippen LogP contribution in [0.5, 0.6) is 5.75 Å². The Morgan fingerprint density at radius 3 is 2.69 bits per heavy atom. The number of carbonyl (C=O) groups excluding carboxylic acids is 1. The third-order valence-corrected chi connectivity index (χ3v) is 2.28. The lowest BCUT2D eigenvalue weighted by Crippen LogP contribution is -2.33. The molecule has 0 fully saturated rings. The number of aryl methyl sites for hydroxylation is 1. The zero-order chi connectivity index (χ0) is 12.1. The Kier molecular flexibility index (Phi) is 4.46. The molecule has 1 rings (SSSR count). The molecule has 2 N–H and O–H groups in total. The van der Waals surface area contributed by atoms with E-state index in [-0.39, 0.29) is 5.78 Å². The van der Waals surface area contributed by atoms with Crippen LogP contribution in [0.3, 0.4) is 0 Å². The molecule has 1 aromatic rings. The zero-order valence-corrected chi connectivity index (χ0v) is 9.82. The Morgan fingerprint density at radius 1 is 1.50 bits per heavy atom. The highest BCUT2D eigenvalue weighted by molar-refractivity contribution is 5.99. The lowest BCUT2D eigenvalue weighted by atomic mass is 10.1. The van der Waals surface area contributed by atoms with Crippen molar-refractivity contribution in [3.63, 3.8) is 0 Å². The quantitative estimate of drug-likeness (QED) is 0.607. The van der Waals surface area contributed by atoms with E-state index < -0.39 is 6.23 Å². The minimum Gasteiger partial charge on any atom is -0.496 e. The molecule has 0 radical (unpaired) electrons. The van der Waals surface area contributed by atoms with Crippen LogP contribution in [0.25, 0.3) is 0 Å². The number of hydrogen-bond donors (Lipinski definition) is 1. The number of benzene rings is 1. The van der Waals surface area contributed by atoms with Gasteiger partial charge in [-0.15, -0.1) is 0 Å². The largest absolute Gasteiger partial charge is 0.496 e.